The van der Waals surface area contributed by atoms with Crippen molar-refractivity contribution in [2.24, 2.45) is 11.3 Å². The van der Waals surface area contributed by atoms with Gasteiger partial charge in [-0.2, -0.15) is 0 Å². The fraction of sp³-hybridized carbons (Fsp3) is 0.900. The first-order chi connectivity index (χ1) is 5.45. The molecule has 1 heterocycles. The molecular weight excluding hydrogens is 150 g/mol. The molecule has 0 bridgehead atoms. The molecule has 1 spiro atoms. The Morgan fingerprint density at radius 1 is 1.42 bits per heavy atom. The van der Waals surface area contributed by atoms with Crippen molar-refractivity contribution in [2.45, 2.75) is 45.6 Å². The third-order valence-electron chi connectivity index (χ3n) is 3.76. The number of hydrogen-bond acceptors (Lipinski definition) is 1. The van der Waals surface area contributed by atoms with Gasteiger partial charge in [0.25, 0.3) is 0 Å². The van der Waals surface area contributed by atoms with Crippen LogP contribution in [0.25, 0.3) is 0 Å². The molecule has 0 aromatic rings. The molecule has 12 heavy (non-hydrogen) atoms. The molecule has 2 fully saturated rings. The summed E-state index contributed by atoms with van der Waals surface area (Å²) in [6.07, 6.45) is 3.20. The van der Waals surface area contributed by atoms with Gasteiger partial charge in [0.1, 0.15) is 0 Å². The molecule has 2 rings (SSSR count). The molecule has 1 N–H and O–H groups in total. The smallest absolute Gasteiger partial charge is 0.221 e. The van der Waals surface area contributed by atoms with E-state index in [9.17, 15) is 4.79 Å². The summed E-state index contributed by atoms with van der Waals surface area (Å²) in [5, 5.41) is 3.07. The molecule has 0 atom stereocenters. The van der Waals surface area contributed by atoms with Gasteiger partial charge in [0.15, 0.2) is 0 Å². The van der Waals surface area contributed by atoms with Crippen molar-refractivity contribution in [2.75, 3.05) is 0 Å². The summed E-state index contributed by atoms with van der Waals surface area (Å²) in [5.74, 6) is 1.06. The van der Waals surface area contributed by atoms with E-state index in [-0.39, 0.29) is 11.4 Å². The van der Waals surface area contributed by atoms with E-state index in [0.717, 1.165) is 12.3 Å². The Morgan fingerprint density at radius 3 is 2.33 bits per heavy atom. The standard InChI is InChI=1S/C10H17NO/c1-7-4-10(5-7)6-8(12)11-9(10,2)3/h7H,4-6H2,1-3H3,(H,11,12). The fourth-order valence-corrected chi connectivity index (χ4v) is 2.98. The van der Waals surface area contributed by atoms with Crippen LogP contribution in [0.5, 0.6) is 0 Å². The molecule has 1 aliphatic carbocycles. The average Bonchev–Trinajstić information content (AvgIpc) is 2.00. The zero-order valence-electron chi connectivity index (χ0n) is 8.11. The van der Waals surface area contributed by atoms with Gasteiger partial charge >= 0.3 is 0 Å². The molecule has 2 aliphatic rings. The van der Waals surface area contributed by atoms with Gasteiger partial charge in [-0.1, -0.05) is 6.92 Å². The lowest BCUT2D eigenvalue weighted by Gasteiger charge is -2.51. The van der Waals surface area contributed by atoms with Crippen LogP contribution in [0, 0.1) is 11.3 Å². The van der Waals surface area contributed by atoms with Crippen molar-refractivity contribution in [3.8, 4) is 0 Å². The van der Waals surface area contributed by atoms with Crippen LogP contribution in [-0.2, 0) is 4.79 Å². The first-order valence-corrected chi connectivity index (χ1v) is 4.76. The van der Waals surface area contributed by atoms with Crippen LogP contribution in [0.2, 0.25) is 0 Å². The fourth-order valence-electron chi connectivity index (χ4n) is 2.98. The Hall–Kier alpha value is -0.530. The molecule has 68 valence electrons. The minimum atomic E-state index is 0.0383. The number of rotatable bonds is 0. The average molecular weight is 167 g/mol. The van der Waals surface area contributed by atoms with E-state index < -0.39 is 0 Å². The van der Waals surface area contributed by atoms with Crippen LogP contribution in [0.3, 0.4) is 0 Å². The first-order valence-electron chi connectivity index (χ1n) is 4.76. The molecule has 2 heteroatoms. The van der Waals surface area contributed by atoms with Gasteiger partial charge in [0.05, 0.1) is 0 Å². The zero-order chi connectivity index (χ0) is 8.98. The van der Waals surface area contributed by atoms with Crippen molar-refractivity contribution in [3.63, 3.8) is 0 Å². The van der Waals surface area contributed by atoms with Crippen molar-refractivity contribution in [1.82, 2.24) is 5.32 Å². The lowest BCUT2D eigenvalue weighted by atomic mass is 9.54. The number of nitrogens with one attached hydrogen (secondary N) is 1. The van der Waals surface area contributed by atoms with Crippen LogP contribution < -0.4 is 5.32 Å². The maximum absolute atomic E-state index is 11.3. The minimum Gasteiger partial charge on any atom is -0.351 e. The monoisotopic (exact) mass is 167 g/mol. The highest BCUT2D eigenvalue weighted by Crippen LogP contribution is 2.57. The molecule has 0 unspecified atom stereocenters. The quantitative estimate of drug-likeness (QED) is 0.584. The van der Waals surface area contributed by atoms with Crippen LogP contribution in [0.15, 0.2) is 0 Å². The van der Waals surface area contributed by atoms with Gasteiger partial charge in [-0.15, -0.1) is 0 Å². The SMILES string of the molecule is CC1CC2(CC(=O)NC2(C)C)C1. The van der Waals surface area contributed by atoms with E-state index in [4.69, 9.17) is 0 Å². The zero-order valence-corrected chi connectivity index (χ0v) is 8.11. The molecule has 1 saturated carbocycles. The second kappa shape index (κ2) is 2.04. The highest BCUT2D eigenvalue weighted by atomic mass is 16.2. The van der Waals surface area contributed by atoms with Crippen LogP contribution in [0.1, 0.15) is 40.0 Å². The molecule has 0 radical (unpaired) electrons. The Kier molecular flexibility index (Phi) is 1.37. The van der Waals surface area contributed by atoms with Gasteiger partial charge in [-0.3, -0.25) is 4.79 Å². The molecule has 1 amide bonds. The van der Waals surface area contributed by atoms with E-state index in [1.165, 1.54) is 12.8 Å². The number of amides is 1. The maximum Gasteiger partial charge on any atom is 0.221 e. The second-order valence-corrected chi connectivity index (χ2v) is 5.14. The van der Waals surface area contributed by atoms with E-state index in [0.29, 0.717) is 5.41 Å². The van der Waals surface area contributed by atoms with Gasteiger partial charge in [-0.25, -0.2) is 0 Å². The van der Waals surface area contributed by atoms with E-state index in [1.54, 1.807) is 0 Å². The minimum absolute atomic E-state index is 0.0383. The Morgan fingerprint density at radius 2 is 2.00 bits per heavy atom. The topological polar surface area (TPSA) is 29.1 Å². The Balaban J connectivity index is 2.21. The molecule has 0 aromatic carbocycles. The van der Waals surface area contributed by atoms with Gasteiger partial charge < -0.3 is 5.32 Å². The molecule has 0 aromatic heterocycles. The largest absolute Gasteiger partial charge is 0.351 e. The van der Waals surface area contributed by atoms with E-state index >= 15 is 0 Å². The third kappa shape index (κ3) is 0.838. The second-order valence-electron chi connectivity index (χ2n) is 5.14. The molecular formula is C10H17NO. The summed E-state index contributed by atoms with van der Waals surface area (Å²) >= 11 is 0. The van der Waals surface area contributed by atoms with Crippen molar-refractivity contribution in [1.29, 1.82) is 0 Å². The van der Waals surface area contributed by atoms with Gasteiger partial charge in [-0.05, 0) is 32.6 Å². The summed E-state index contributed by atoms with van der Waals surface area (Å²) < 4.78 is 0. The van der Waals surface area contributed by atoms with Crippen molar-refractivity contribution in [3.05, 3.63) is 0 Å². The summed E-state index contributed by atoms with van der Waals surface area (Å²) in [6.45, 7) is 6.58. The molecule has 1 aliphatic heterocycles. The van der Waals surface area contributed by atoms with Gasteiger partial charge in [0, 0.05) is 17.4 Å². The first kappa shape index (κ1) is 8.09. The van der Waals surface area contributed by atoms with Crippen molar-refractivity contribution >= 4 is 5.91 Å². The van der Waals surface area contributed by atoms with Crippen LogP contribution in [-0.4, -0.2) is 11.4 Å². The van der Waals surface area contributed by atoms with Crippen LogP contribution in [0.4, 0.5) is 0 Å². The number of hydrogen-bond donors (Lipinski definition) is 1. The summed E-state index contributed by atoms with van der Waals surface area (Å²) in [4.78, 5) is 11.3. The predicted octanol–water partition coefficient (Wildman–Crippen LogP) is 1.70. The lowest BCUT2D eigenvalue weighted by Crippen LogP contribution is -2.53. The predicted molar refractivity (Wildman–Crippen MR) is 47.7 cm³/mol. The van der Waals surface area contributed by atoms with Crippen molar-refractivity contribution < 1.29 is 4.79 Å². The number of carbonyl (C=O) groups excluding carboxylic acids is 1. The maximum atomic E-state index is 11.3. The van der Waals surface area contributed by atoms with E-state index in [2.05, 4.69) is 26.1 Å². The summed E-state index contributed by atoms with van der Waals surface area (Å²) in [7, 11) is 0. The number of carbonyl (C=O) groups is 1. The highest BCUT2D eigenvalue weighted by Gasteiger charge is 2.57. The lowest BCUT2D eigenvalue weighted by molar-refractivity contribution is -0.120. The summed E-state index contributed by atoms with van der Waals surface area (Å²) in [5.41, 5.74) is 0.333. The summed E-state index contributed by atoms with van der Waals surface area (Å²) in [6, 6.07) is 0. The Bertz CT molecular complexity index is 226. The normalized spacial score (nSPS) is 44.2. The molecule has 2 nitrogen and oxygen atoms in total. The highest BCUT2D eigenvalue weighted by molar-refractivity contribution is 5.81. The Labute approximate surface area is 73.7 Å². The molecule has 1 saturated heterocycles. The van der Waals surface area contributed by atoms with Crippen LogP contribution >= 0.6 is 0 Å². The van der Waals surface area contributed by atoms with Gasteiger partial charge in [0.2, 0.25) is 5.91 Å². The van der Waals surface area contributed by atoms with E-state index in [1.807, 2.05) is 0 Å². The third-order valence-corrected chi connectivity index (χ3v) is 3.76.